The molecule has 2 aromatic rings. The highest BCUT2D eigenvalue weighted by molar-refractivity contribution is 4.97. The van der Waals surface area contributed by atoms with Crippen LogP contribution in [0.4, 0.5) is 0 Å². The lowest BCUT2D eigenvalue weighted by atomic mass is 10.3. The minimum absolute atomic E-state index is 0.824. The maximum absolute atomic E-state index is 4.25. The Hall–Kier alpha value is -1.62. The zero-order valence-electron chi connectivity index (χ0n) is 8.77. The first kappa shape index (κ1) is 9.92. The van der Waals surface area contributed by atoms with E-state index in [1.165, 1.54) is 0 Å². The predicted molar refractivity (Wildman–Crippen MR) is 57.2 cm³/mol. The van der Waals surface area contributed by atoms with Gasteiger partial charge < -0.3 is 9.88 Å². The van der Waals surface area contributed by atoms with Gasteiger partial charge in [0.05, 0.1) is 0 Å². The van der Waals surface area contributed by atoms with E-state index in [-0.39, 0.29) is 0 Å². The van der Waals surface area contributed by atoms with E-state index in [1.807, 2.05) is 30.1 Å². The average molecular weight is 205 g/mol. The molecule has 2 aromatic heterocycles. The lowest BCUT2D eigenvalue weighted by molar-refractivity contribution is 0.645. The second kappa shape index (κ2) is 4.75. The molecular formula is C10H15N5. The molecule has 0 bridgehead atoms. The molecule has 5 heteroatoms. The van der Waals surface area contributed by atoms with Crippen LogP contribution in [-0.4, -0.2) is 26.3 Å². The standard InChI is InChI=1S/C10H15N5/c1-15-7-6-12-10(15)3-4-11-8-9-2-5-13-14-9/h2,5-7,11H,3-4,8H2,1H3,(H,13,14). The minimum atomic E-state index is 0.824. The van der Waals surface area contributed by atoms with Crippen molar-refractivity contribution in [3.05, 3.63) is 36.2 Å². The number of nitrogens with zero attached hydrogens (tertiary/aromatic N) is 3. The number of aryl methyl sites for hydroxylation is 1. The van der Waals surface area contributed by atoms with Gasteiger partial charge in [-0.3, -0.25) is 5.10 Å². The molecule has 2 N–H and O–H groups in total. The van der Waals surface area contributed by atoms with E-state index in [0.717, 1.165) is 31.0 Å². The summed E-state index contributed by atoms with van der Waals surface area (Å²) < 4.78 is 2.04. The van der Waals surface area contributed by atoms with Crippen molar-refractivity contribution in [1.82, 2.24) is 25.1 Å². The van der Waals surface area contributed by atoms with Crippen molar-refractivity contribution in [1.29, 1.82) is 0 Å². The number of hydrogen-bond donors (Lipinski definition) is 2. The van der Waals surface area contributed by atoms with Crippen LogP contribution in [0.15, 0.2) is 24.7 Å². The van der Waals surface area contributed by atoms with Crippen molar-refractivity contribution >= 4 is 0 Å². The van der Waals surface area contributed by atoms with Crippen LogP contribution < -0.4 is 5.32 Å². The van der Waals surface area contributed by atoms with E-state index in [2.05, 4.69) is 20.5 Å². The number of H-pyrrole nitrogens is 1. The van der Waals surface area contributed by atoms with Gasteiger partial charge in [-0.2, -0.15) is 5.10 Å². The van der Waals surface area contributed by atoms with Crippen LogP contribution in [0.5, 0.6) is 0 Å². The van der Waals surface area contributed by atoms with Crippen molar-refractivity contribution in [2.75, 3.05) is 6.54 Å². The molecule has 2 heterocycles. The average Bonchev–Trinajstić information content (AvgIpc) is 2.85. The summed E-state index contributed by atoms with van der Waals surface area (Å²) in [5.74, 6) is 1.10. The Morgan fingerprint density at radius 1 is 1.47 bits per heavy atom. The van der Waals surface area contributed by atoms with Crippen LogP contribution in [0.3, 0.4) is 0 Å². The van der Waals surface area contributed by atoms with Gasteiger partial charge in [-0.15, -0.1) is 0 Å². The van der Waals surface area contributed by atoms with Crippen molar-refractivity contribution in [2.24, 2.45) is 7.05 Å². The molecule has 0 amide bonds. The zero-order valence-corrected chi connectivity index (χ0v) is 8.77. The first-order valence-electron chi connectivity index (χ1n) is 5.01. The van der Waals surface area contributed by atoms with Gasteiger partial charge in [-0.25, -0.2) is 4.98 Å². The van der Waals surface area contributed by atoms with Gasteiger partial charge in [0, 0.05) is 50.8 Å². The van der Waals surface area contributed by atoms with Gasteiger partial charge in [0.15, 0.2) is 0 Å². The normalized spacial score (nSPS) is 10.7. The molecule has 0 fully saturated rings. The fourth-order valence-corrected chi connectivity index (χ4v) is 1.44. The molecule has 2 rings (SSSR count). The van der Waals surface area contributed by atoms with Crippen LogP contribution >= 0.6 is 0 Å². The summed E-state index contributed by atoms with van der Waals surface area (Å²) in [6.07, 6.45) is 6.49. The van der Waals surface area contributed by atoms with E-state index in [4.69, 9.17) is 0 Å². The fourth-order valence-electron chi connectivity index (χ4n) is 1.44. The summed E-state index contributed by atoms with van der Waals surface area (Å²) in [5.41, 5.74) is 1.11. The maximum Gasteiger partial charge on any atom is 0.109 e. The van der Waals surface area contributed by atoms with Crippen LogP contribution in [0.1, 0.15) is 11.5 Å². The van der Waals surface area contributed by atoms with Crippen LogP contribution in [-0.2, 0) is 20.0 Å². The molecule has 80 valence electrons. The van der Waals surface area contributed by atoms with Crippen LogP contribution in [0, 0.1) is 0 Å². The largest absolute Gasteiger partial charge is 0.338 e. The molecule has 5 nitrogen and oxygen atoms in total. The smallest absolute Gasteiger partial charge is 0.109 e. The Morgan fingerprint density at radius 2 is 2.40 bits per heavy atom. The summed E-state index contributed by atoms with van der Waals surface area (Å²) >= 11 is 0. The number of aromatic nitrogens is 4. The van der Waals surface area contributed by atoms with Crippen molar-refractivity contribution in [2.45, 2.75) is 13.0 Å². The summed E-state index contributed by atoms with van der Waals surface area (Å²) in [7, 11) is 2.01. The highest BCUT2D eigenvalue weighted by Crippen LogP contribution is 1.95. The van der Waals surface area contributed by atoms with E-state index in [0.29, 0.717) is 0 Å². The minimum Gasteiger partial charge on any atom is -0.338 e. The summed E-state index contributed by atoms with van der Waals surface area (Å²) in [4.78, 5) is 4.25. The predicted octanol–water partition coefficient (Wildman–Crippen LogP) is 0.475. The molecule has 0 aliphatic carbocycles. The van der Waals surface area contributed by atoms with E-state index >= 15 is 0 Å². The highest BCUT2D eigenvalue weighted by atomic mass is 15.1. The third-order valence-corrected chi connectivity index (χ3v) is 2.32. The molecule has 0 spiro atoms. The zero-order chi connectivity index (χ0) is 10.5. The molecule has 15 heavy (non-hydrogen) atoms. The van der Waals surface area contributed by atoms with E-state index in [1.54, 1.807) is 6.20 Å². The first-order chi connectivity index (χ1) is 7.36. The van der Waals surface area contributed by atoms with Crippen molar-refractivity contribution in [3.8, 4) is 0 Å². The molecule has 0 saturated heterocycles. The van der Waals surface area contributed by atoms with Crippen molar-refractivity contribution < 1.29 is 0 Å². The van der Waals surface area contributed by atoms with Gasteiger partial charge in [-0.05, 0) is 6.07 Å². The SMILES string of the molecule is Cn1ccnc1CCNCc1ccn[nH]1. The Bertz CT molecular complexity index is 390. The first-order valence-corrected chi connectivity index (χ1v) is 5.01. The monoisotopic (exact) mass is 205 g/mol. The summed E-state index contributed by atoms with van der Waals surface area (Å²) in [6, 6.07) is 1.97. The molecule has 0 aromatic carbocycles. The highest BCUT2D eigenvalue weighted by Gasteiger charge is 1.98. The lowest BCUT2D eigenvalue weighted by Gasteiger charge is -2.03. The third kappa shape index (κ3) is 2.66. The Kier molecular flexibility index (Phi) is 3.14. The topological polar surface area (TPSA) is 58.5 Å². The molecule has 0 aliphatic heterocycles. The molecule has 0 aliphatic rings. The van der Waals surface area contributed by atoms with Crippen molar-refractivity contribution in [3.63, 3.8) is 0 Å². The second-order valence-corrected chi connectivity index (χ2v) is 3.46. The Morgan fingerprint density at radius 3 is 3.07 bits per heavy atom. The summed E-state index contributed by atoms with van der Waals surface area (Å²) in [5, 5.41) is 10.1. The van der Waals surface area contributed by atoms with E-state index < -0.39 is 0 Å². The molecule has 0 unspecified atom stereocenters. The molecule has 0 saturated carbocycles. The molecule has 0 atom stereocenters. The number of aromatic amines is 1. The number of nitrogens with one attached hydrogen (secondary N) is 2. The Balaban J connectivity index is 1.70. The Labute approximate surface area is 88.5 Å². The van der Waals surface area contributed by atoms with Crippen LogP contribution in [0.2, 0.25) is 0 Å². The fraction of sp³-hybridized carbons (Fsp3) is 0.400. The number of imidazole rings is 1. The van der Waals surface area contributed by atoms with Gasteiger partial charge in [0.25, 0.3) is 0 Å². The third-order valence-electron chi connectivity index (χ3n) is 2.32. The van der Waals surface area contributed by atoms with Gasteiger partial charge in [0.2, 0.25) is 0 Å². The van der Waals surface area contributed by atoms with Crippen LogP contribution in [0.25, 0.3) is 0 Å². The van der Waals surface area contributed by atoms with Gasteiger partial charge >= 0.3 is 0 Å². The number of hydrogen-bond acceptors (Lipinski definition) is 3. The lowest BCUT2D eigenvalue weighted by Crippen LogP contribution is -2.18. The van der Waals surface area contributed by atoms with E-state index in [9.17, 15) is 0 Å². The molecule has 0 radical (unpaired) electrons. The second-order valence-electron chi connectivity index (χ2n) is 3.46. The summed E-state index contributed by atoms with van der Waals surface area (Å²) in [6.45, 7) is 1.74. The van der Waals surface area contributed by atoms with Gasteiger partial charge in [-0.1, -0.05) is 0 Å². The maximum atomic E-state index is 4.25. The molecular weight excluding hydrogens is 190 g/mol. The van der Waals surface area contributed by atoms with Gasteiger partial charge in [0.1, 0.15) is 5.82 Å². The quantitative estimate of drug-likeness (QED) is 0.698. The number of rotatable bonds is 5.